The van der Waals surface area contributed by atoms with Crippen LogP contribution in [0.25, 0.3) is 0 Å². The van der Waals surface area contributed by atoms with Crippen LogP contribution >= 0.6 is 23.8 Å². The maximum absolute atomic E-state index is 14.0. The Bertz CT molecular complexity index is 618. The highest BCUT2D eigenvalue weighted by Crippen LogP contribution is 2.27. The van der Waals surface area contributed by atoms with E-state index >= 15 is 0 Å². The maximum atomic E-state index is 14.0. The average molecular weight is 360 g/mol. The SMILES string of the molecule is CC(C)(C)OC(=S)Cc1cc(NC(=O)C(C)(C)C)c(F)cc1Cl. The largest absolute Gasteiger partial charge is 0.481 e. The molecule has 1 rings (SSSR count). The summed E-state index contributed by atoms with van der Waals surface area (Å²) in [5, 5.41) is 3.19. The van der Waals surface area contributed by atoms with Gasteiger partial charge in [0.2, 0.25) is 5.91 Å². The van der Waals surface area contributed by atoms with Gasteiger partial charge >= 0.3 is 0 Å². The number of hydrogen-bond donors (Lipinski definition) is 1. The van der Waals surface area contributed by atoms with E-state index < -0.39 is 16.8 Å². The summed E-state index contributed by atoms with van der Waals surface area (Å²) in [4.78, 5) is 12.0. The van der Waals surface area contributed by atoms with Crippen LogP contribution in [-0.4, -0.2) is 16.6 Å². The molecule has 0 unspecified atom stereocenters. The molecule has 0 aliphatic carbocycles. The number of carbonyl (C=O) groups excluding carboxylic acids is 1. The van der Waals surface area contributed by atoms with Gasteiger partial charge in [0.25, 0.3) is 0 Å². The lowest BCUT2D eigenvalue weighted by molar-refractivity contribution is -0.123. The Morgan fingerprint density at radius 3 is 2.30 bits per heavy atom. The van der Waals surface area contributed by atoms with E-state index in [1.54, 1.807) is 20.8 Å². The fourth-order valence-corrected chi connectivity index (χ4v) is 2.29. The Balaban J connectivity index is 3.00. The molecule has 0 radical (unpaired) electrons. The second kappa shape index (κ2) is 7.14. The Hall–Kier alpha value is -1.20. The van der Waals surface area contributed by atoms with E-state index in [4.69, 9.17) is 28.6 Å². The zero-order chi connectivity index (χ0) is 18.0. The molecule has 0 spiro atoms. The van der Waals surface area contributed by atoms with Gasteiger partial charge in [-0.2, -0.15) is 0 Å². The van der Waals surface area contributed by atoms with Crippen LogP contribution in [0.2, 0.25) is 5.02 Å². The molecule has 0 aromatic heterocycles. The summed E-state index contributed by atoms with van der Waals surface area (Å²) in [7, 11) is 0. The first-order valence-electron chi connectivity index (χ1n) is 7.31. The van der Waals surface area contributed by atoms with Gasteiger partial charge in [0.05, 0.1) is 5.69 Å². The number of nitrogens with one attached hydrogen (secondary N) is 1. The summed E-state index contributed by atoms with van der Waals surface area (Å²) in [5.41, 5.74) is -0.349. The number of anilines is 1. The van der Waals surface area contributed by atoms with E-state index in [1.165, 1.54) is 12.1 Å². The van der Waals surface area contributed by atoms with Crippen molar-refractivity contribution >= 4 is 40.5 Å². The molecule has 128 valence electrons. The van der Waals surface area contributed by atoms with Crippen LogP contribution in [0.4, 0.5) is 10.1 Å². The van der Waals surface area contributed by atoms with Gasteiger partial charge in [0.15, 0.2) is 5.05 Å². The van der Waals surface area contributed by atoms with Crippen LogP contribution in [-0.2, 0) is 16.0 Å². The predicted molar refractivity (Wildman–Crippen MR) is 96.6 cm³/mol. The molecule has 1 aromatic carbocycles. The van der Waals surface area contributed by atoms with Crippen molar-refractivity contribution in [3.8, 4) is 0 Å². The van der Waals surface area contributed by atoms with E-state index in [0.717, 1.165) is 0 Å². The highest BCUT2D eigenvalue weighted by molar-refractivity contribution is 7.80. The van der Waals surface area contributed by atoms with Gasteiger partial charge in [0, 0.05) is 16.9 Å². The summed E-state index contributed by atoms with van der Waals surface area (Å²) in [5.74, 6) is -0.864. The topological polar surface area (TPSA) is 38.3 Å². The molecule has 0 saturated heterocycles. The minimum absolute atomic E-state index is 0.0860. The van der Waals surface area contributed by atoms with Crippen molar-refractivity contribution in [1.29, 1.82) is 0 Å². The van der Waals surface area contributed by atoms with Crippen molar-refractivity contribution in [1.82, 2.24) is 0 Å². The van der Waals surface area contributed by atoms with Crippen molar-refractivity contribution in [2.45, 2.75) is 53.6 Å². The smallest absolute Gasteiger partial charge is 0.229 e. The normalized spacial score (nSPS) is 12.0. The minimum Gasteiger partial charge on any atom is -0.481 e. The first-order chi connectivity index (χ1) is 10.3. The molecule has 0 atom stereocenters. The van der Waals surface area contributed by atoms with Gasteiger partial charge in [-0.15, -0.1) is 0 Å². The fourth-order valence-electron chi connectivity index (χ4n) is 1.67. The summed E-state index contributed by atoms with van der Waals surface area (Å²) in [6.45, 7) is 10.9. The molecule has 0 aliphatic rings. The lowest BCUT2D eigenvalue weighted by Crippen LogP contribution is -2.28. The van der Waals surface area contributed by atoms with Crippen molar-refractivity contribution in [2.75, 3.05) is 5.32 Å². The van der Waals surface area contributed by atoms with Crippen LogP contribution in [0.1, 0.15) is 47.1 Å². The van der Waals surface area contributed by atoms with Crippen molar-refractivity contribution in [3.63, 3.8) is 0 Å². The number of ether oxygens (including phenoxy) is 1. The Labute approximate surface area is 147 Å². The average Bonchev–Trinajstić information content (AvgIpc) is 2.31. The van der Waals surface area contributed by atoms with E-state index in [-0.39, 0.29) is 23.0 Å². The Morgan fingerprint density at radius 2 is 1.83 bits per heavy atom. The molecule has 1 amide bonds. The van der Waals surface area contributed by atoms with Crippen LogP contribution in [0.5, 0.6) is 0 Å². The molecule has 3 nitrogen and oxygen atoms in total. The lowest BCUT2D eigenvalue weighted by atomic mass is 9.95. The second-order valence-corrected chi connectivity index (χ2v) is 8.25. The van der Waals surface area contributed by atoms with Crippen LogP contribution in [0.15, 0.2) is 12.1 Å². The molecule has 0 saturated carbocycles. The quantitative estimate of drug-likeness (QED) is 0.758. The van der Waals surface area contributed by atoms with Gasteiger partial charge in [0.1, 0.15) is 11.4 Å². The molecular weight excluding hydrogens is 337 g/mol. The molecule has 23 heavy (non-hydrogen) atoms. The third kappa shape index (κ3) is 6.43. The predicted octanol–water partition coefficient (Wildman–Crippen LogP) is 5.15. The first-order valence-corrected chi connectivity index (χ1v) is 8.09. The minimum atomic E-state index is -0.628. The maximum Gasteiger partial charge on any atom is 0.229 e. The number of halogens is 2. The Morgan fingerprint density at radius 1 is 1.26 bits per heavy atom. The summed E-state index contributed by atoms with van der Waals surface area (Å²) in [6, 6.07) is 2.68. The number of hydrogen-bond acceptors (Lipinski definition) is 3. The van der Waals surface area contributed by atoms with Crippen LogP contribution in [0, 0.1) is 11.2 Å². The zero-order valence-corrected chi connectivity index (χ0v) is 15.9. The van der Waals surface area contributed by atoms with Gasteiger partial charge in [-0.05, 0) is 50.7 Å². The molecule has 1 N–H and O–H groups in total. The standard InChI is InChI=1S/C17H23ClFNO2S/c1-16(2,3)15(21)20-13-7-10(11(18)9-12(13)19)8-14(23)22-17(4,5)6/h7,9H,8H2,1-6H3,(H,20,21). The van der Waals surface area contributed by atoms with Gasteiger partial charge < -0.3 is 10.1 Å². The number of carbonyl (C=O) groups is 1. The lowest BCUT2D eigenvalue weighted by Gasteiger charge is -2.22. The van der Waals surface area contributed by atoms with E-state index in [1.807, 2.05) is 20.8 Å². The Kier molecular flexibility index (Phi) is 6.16. The third-order valence-corrected chi connectivity index (χ3v) is 3.40. The monoisotopic (exact) mass is 359 g/mol. The van der Waals surface area contributed by atoms with Crippen LogP contribution < -0.4 is 5.32 Å². The number of benzene rings is 1. The summed E-state index contributed by atoms with van der Waals surface area (Å²) in [6.07, 6.45) is 0.268. The van der Waals surface area contributed by atoms with E-state index in [0.29, 0.717) is 10.6 Å². The van der Waals surface area contributed by atoms with Gasteiger partial charge in [-0.3, -0.25) is 4.79 Å². The van der Waals surface area contributed by atoms with Gasteiger partial charge in [-0.25, -0.2) is 4.39 Å². The molecule has 6 heteroatoms. The summed E-state index contributed by atoms with van der Waals surface area (Å²) < 4.78 is 19.6. The summed E-state index contributed by atoms with van der Waals surface area (Å²) >= 11 is 11.3. The van der Waals surface area contributed by atoms with Crippen molar-refractivity contribution in [2.24, 2.45) is 5.41 Å². The third-order valence-electron chi connectivity index (χ3n) is 2.82. The van der Waals surface area contributed by atoms with Crippen molar-refractivity contribution < 1.29 is 13.9 Å². The van der Waals surface area contributed by atoms with Gasteiger partial charge in [-0.1, -0.05) is 32.4 Å². The van der Waals surface area contributed by atoms with E-state index in [2.05, 4.69) is 5.32 Å². The van der Waals surface area contributed by atoms with Crippen molar-refractivity contribution in [3.05, 3.63) is 28.5 Å². The number of rotatable bonds is 3. The number of thiocarbonyl (C=S) groups is 1. The molecule has 0 bridgehead atoms. The molecule has 0 fully saturated rings. The molecule has 0 heterocycles. The molecular formula is C17H23ClFNO2S. The fraction of sp³-hybridized carbons (Fsp3) is 0.529. The molecule has 0 aliphatic heterocycles. The second-order valence-electron chi connectivity index (χ2n) is 7.39. The highest BCUT2D eigenvalue weighted by atomic mass is 35.5. The van der Waals surface area contributed by atoms with E-state index in [9.17, 15) is 9.18 Å². The first kappa shape index (κ1) is 19.8. The highest BCUT2D eigenvalue weighted by Gasteiger charge is 2.23. The molecule has 1 aromatic rings. The van der Waals surface area contributed by atoms with Crippen LogP contribution in [0.3, 0.4) is 0 Å². The zero-order valence-electron chi connectivity index (χ0n) is 14.3. The number of amides is 1.